The number of nitrogens with zero attached hydrogens (tertiary/aromatic N) is 2. The Hall–Kier alpha value is -2.23. The van der Waals surface area contributed by atoms with Gasteiger partial charge in [0.1, 0.15) is 0 Å². The van der Waals surface area contributed by atoms with Gasteiger partial charge >= 0.3 is 0 Å². The SMILES string of the molecule is Cc1cccc(-c2cccc([N+](=O)[O-])c2)n1. The molecule has 0 aliphatic carbocycles. The van der Waals surface area contributed by atoms with E-state index in [1.54, 1.807) is 6.07 Å². The average Bonchev–Trinajstić information content (AvgIpc) is 2.29. The van der Waals surface area contributed by atoms with E-state index in [4.69, 9.17) is 0 Å². The summed E-state index contributed by atoms with van der Waals surface area (Å²) in [6.07, 6.45) is 0. The second-order valence-electron chi connectivity index (χ2n) is 3.47. The zero-order chi connectivity index (χ0) is 11.5. The van der Waals surface area contributed by atoms with E-state index in [2.05, 4.69) is 4.98 Å². The van der Waals surface area contributed by atoms with E-state index in [-0.39, 0.29) is 5.69 Å². The van der Waals surface area contributed by atoms with Crippen LogP contribution in [0.4, 0.5) is 5.69 Å². The van der Waals surface area contributed by atoms with Crippen LogP contribution in [-0.2, 0) is 0 Å². The van der Waals surface area contributed by atoms with Gasteiger partial charge in [0.25, 0.3) is 5.69 Å². The molecule has 2 rings (SSSR count). The summed E-state index contributed by atoms with van der Waals surface area (Å²) in [6, 6.07) is 12.1. The van der Waals surface area contributed by atoms with Crippen LogP contribution >= 0.6 is 0 Å². The number of nitro groups is 1. The summed E-state index contributed by atoms with van der Waals surface area (Å²) in [5, 5.41) is 10.6. The second-order valence-corrected chi connectivity index (χ2v) is 3.47. The molecule has 0 amide bonds. The first-order valence-electron chi connectivity index (χ1n) is 4.85. The number of aryl methyl sites for hydroxylation is 1. The summed E-state index contributed by atoms with van der Waals surface area (Å²) in [4.78, 5) is 14.6. The number of hydrogen-bond donors (Lipinski definition) is 0. The molecule has 0 aliphatic heterocycles. The molecule has 0 aliphatic rings. The molecule has 0 saturated carbocycles. The zero-order valence-electron chi connectivity index (χ0n) is 8.75. The van der Waals surface area contributed by atoms with Gasteiger partial charge in [0.15, 0.2) is 0 Å². The maximum atomic E-state index is 10.6. The molecule has 16 heavy (non-hydrogen) atoms. The fourth-order valence-electron chi connectivity index (χ4n) is 1.48. The summed E-state index contributed by atoms with van der Waals surface area (Å²) in [7, 11) is 0. The van der Waals surface area contributed by atoms with Crippen LogP contribution in [-0.4, -0.2) is 9.91 Å². The van der Waals surface area contributed by atoms with Gasteiger partial charge in [0, 0.05) is 23.4 Å². The predicted octanol–water partition coefficient (Wildman–Crippen LogP) is 2.97. The van der Waals surface area contributed by atoms with E-state index in [1.165, 1.54) is 12.1 Å². The molecule has 0 bridgehead atoms. The molecule has 4 heteroatoms. The van der Waals surface area contributed by atoms with E-state index in [1.807, 2.05) is 31.2 Å². The van der Waals surface area contributed by atoms with Crippen LogP contribution in [0, 0.1) is 17.0 Å². The second kappa shape index (κ2) is 4.10. The van der Waals surface area contributed by atoms with Crippen LogP contribution in [0.2, 0.25) is 0 Å². The predicted molar refractivity (Wildman–Crippen MR) is 61.1 cm³/mol. The summed E-state index contributed by atoms with van der Waals surface area (Å²) in [6.45, 7) is 1.89. The van der Waals surface area contributed by atoms with Crippen molar-refractivity contribution in [3.63, 3.8) is 0 Å². The molecule has 1 aromatic heterocycles. The van der Waals surface area contributed by atoms with E-state index < -0.39 is 4.92 Å². The Balaban J connectivity index is 2.48. The molecule has 0 radical (unpaired) electrons. The van der Waals surface area contributed by atoms with Gasteiger partial charge in [-0.05, 0) is 19.1 Å². The minimum Gasteiger partial charge on any atom is -0.258 e. The molecule has 0 saturated heterocycles. The first-order chi connectivity index (χ1) is 7.66. The third kappa shape index (κ3) is 2.06. The lowest BCUT2D eigenvalue weighted by molar-refractivity contribution is -0.384. The summed E-state index contributed by atoms with van der Waals surface area (Å²) >= 11 is 0. The zero-order valence-corrected chi connectivity index (χ0v) is 8.75. The molecule has 0 spiro atoms. The molecule has 4 nitrogen and oxygen atoms in total. The van der Waals surface area contributed by atoms with E-state index in [0.717, 1.165) is 17.0 Å². The molecular weight excluding hydrogens is 204 g/mol. The van der Waals surface area contributed by atoms with E-state index in [0.29, 0.717) is 0 Å². The van der Waals surface area contributed by atoms with Crippen LogP contribution in [0.15, 0.2) is 42.5 Å². The minimum absolute atomic E-state index is 0.0841. The van der Waals surface area contributed by atoms with Crippen molar-refractivity contribution in [2.24, 2.45) is 0 Å². The molecule has 80 valence electrons. The highest BCUT2D eigenvalue weighted by atomic mass is 16.6. The third-order valence-electron chi connectivity index (χ3n) is 2.24. The molecule has 0 atom stereocenters. The van der Waals surface area contributed by atoms with Crippen LogP contribution in [0.3, 0.4) is 0 Å². The van der Waals surface area contributed by atoms with Gasteiger partial charge in [-0.25, -0.2) is 0 Å². The molecule has 1 aromatic carbocycles. The largest absolute Gasteiger partial charge is 0.270 e. The maximum Gasteiger partial charge on any atom is 0.270 e. The van der Waals surface area contributed by atoms with Gasteiger partial charge < -0.3 is 0 Å². The van der Waals surface area contributed by atoms with Gasteiger partial charge in [0.2, 0.25) is 0 Å². The maximum absolute atomic E-state index is 10.6. The fraction of sp³-hybridized carbons (Fsp3) is 0.0833. The van der Waals surface area contributed by atoms with E-state index in [9.17, 15) is 10.1 Å². The standard InChI is InChI=1S/C12H10N2O2/c1-9-4-2-7-12(13-9)10-5-3-6-11(8-10)14(15)16/h2-8H,1H3. The summed E-state index contributed by atoms with van der Waals surface area (Å²) in [5.74, 6) is 0. The van der Waals surface area contributed by atoms with Crippen molar-refractivity contribution >= 4 is 5.69 Å². The fourth-order valence-corrected chi connectivity index (χ4v) is 1.48. The van der Waals surface area contributed by atoms with Crippen molar-refractivity contribution in [2.45, 2.75) is 6.92 Å². The van der Waals surface area contributed by atoms with Gasteiger partial charge in [-0.2, -0.15) is 0 Å². The minimum atomic E-state index is -0.403. The lowest BCUT2D eigenvalue weighted by Crippen LogP contribution is -1.90. The highest BCUT2D eigenvalue weighted by molar-refractivity contribution is 5.62. The van der Waals surface area contributed by atoms with Crippen LogP contribution in [0.5, 0.6) is 0 Å². The molecule has 1 heterocycles. The van der Waals surface area contributed by atoms with Crippen molar-refractivity contribution < 1.29 is 4.92 Å². The van der Waals surface area contributed by atoms with Crippen molar-refractivity contribution in [3.8, 4) is 11.3 Å². The van der Waals surface area contributed by atoms with Crippen molar-refractivity contribution in [3.05, 3.63) is 58.3 Å². The van der Waals surface area contributed by atoms with Gasteiger partial charge in [-0.1, -0.05) is 18.2 Å². The molecule has 0 fully saturated rings. The number of rotatable bonds is 2. The Bertz CT molecular complexity index is 538. The average molecular weight is 214 g/mol. The number of nitro benzene ring substituents is 1. The molecular formula is C12H10N2O2. The Morgan fingerprint density at radius 3 is 2.62 bits per heavy atom. The van der Waals surface area contributed by atoms with Crippen molar-refractivity contribution in [1.82, 2.24) is 4.98 Å². The lowest BCUT2D eigenvalue weighted by atomic mass is 10.1. The molecule has 2 aromatic rings. The monoisotopic (exact) mass is 214 g/mol. The smallest absolute Gasteiger partial charge is 0.258 e. The van der Waals surface area contributed by atoms with Gasteiger partial charge in [-0.15, -0.1) is 0 Å². The number of hydrogen-bond acceptors (Lipinski definition) is 3. The highest BCUT2D eigenvalue weighted by Crippen LogP contribution is 2.22. The first-order valence-corrected chi connectivity index (χ1v) is 4.85. The normalized spacial score (nSPS) is 10.1. The summed E-state index contributed by atoms with van der Waals surface area (Å²) < 4.78 is 0. The lowest BCUT2D eigenvalue weighted by Gasteiger charge is -2.01. The number of benzene rings is 1. The Labute approximate surface area is 92.7 Å². The Morgan fingerprint density at radius 1 is 1.19 bits per heavy atom. The Kier molecular flexibility index (Phi) is 2.64. The van der Waals surface area contributed by atoms with Crippen molar-refractivity contribution in [1.29, 1.82) is 0 Å². The third-order valence-corrected chi connectivity index (χ3v) is 2.24. The van der Waals surface area contributed by atoms with Crippen LogP contribution in [0.25, 0.3) is 11.3 Å². The van der Waals surface area contributed by atoms with Crippen LogP contribution in [0.1, 0.15) is 5.69 Å². The number of non-ortho nitro benzene ring substituents is 1. The number of pyridine rings is 1. The molecule has 0 unspecified atom stereocenters. The summed E-state index contributed by atoms with van der Waals surface area (Å²) in [5.41, 5.74) is 2.49. The van der Waals surface area contributed by atoms with Crippen molar-refractivity contribution in [2.75, 3.05) is 0 Å². The highest BCUT2D eigenvalue weighted by Gasteiger charge is 2.07. The number of aromatic nitrogens is 1. The quantitative estimate of drug-likeness (QED) is 0.570. The topological polar surface area (TPSA) is 56.0 Å². The van der Waals surface area contributed by atoms with Gasteiger partial charge in [-0.3, -0.25) is 15.1 Å². The van der Waals surface area contributed by atoms with Gasteiger partial charge in [0.05, 0.1) is 10.6 Å². The van der Waals surface area contributed by atoms with E-state index >= 15 is 0 Å². The Morgan fingerprint density at radius 2 is 1.94 bits per heavy atom. The molecule has 0 N–H and O–H groups in total. The first kappa shape index (κ1) is 10.3. The van der Waals surface area contributed by atoms with Crippen LogP contribution < -0.4 is 0 Å².